The SMILES string of the molecule is COc1ccc(-n2c(C)cc(/C=C3/SC(=S)N(c4cccc(F)c4)C3=O)c2C)cc1. The number of amides is 1. The first-order valence-electron chi connectivity index (χ1n) is 9.26. The molecule has 152 valence electrons. The lowest BCUT2D eigenvalue weighted by Crippen LogP contribution is -2.27. The molecule has 3 aromatic rings. The topological polar surface area (TPSA) is 34.5 Å². The van der Waals surface area contributed by atoms with Gasteiger partial charge in [0.15, 0.2) is 4.32 Å². The third-order valence-electron chi connectivity index (χ3n) is 4.95. The van der Waals surface area contributed by atoms with Gasteiger partial charge in [0.25, 0.3) is 5.91 Å². The van der Waals surface area contributed by atoms with Gasteiger partial charge in [0.05, 0.1) is 17.7 Å². The average molecular weight is 439 g/mol. The van der Waals surface area contributed by atoms with E-state index in [1.807, 2.05) is 50.3 Å². The molecule has 7 heteroatoms. The van der Waals surface area contributed by atoms with Gasteiger partial charge in [0.1, 0.15) is 11.6 Å². The minimum atomic E-state index is -0.409. The van der Waals surface area contributed by atoms with E-state index in [9.17, 15) is 9.18 Å². The Hall–Kier alpha value is -2.90. The van der Waals surface area contributed by atoms with Crippen molar-refractivity contribution in [1.29, 1.82) is 0 Å². The number of thiocarbonyl (C=S) groups is 1. The lowest BCUT2D eigenvalue weighted by molar-refractivity contribution is -0.113. The summed E-state index contributed by atoms with van der Waals surface area (Å²) in [7, 11) is 1.64. The zero-order valence-electron chi connectivity index (χ0n) is 16.7. The molecule has 30 heavy (non-hydrogen) atoms. The van der Waals surface area contributed by atoms with E-state index in [4.69, 9.17) is 17.0 Å². The number of benzene rings is 2. The summed E-state index contributed by atoms with van der Waals surface area (Å²) in [6.45, 7) is 4.03. The fourth-order valence-electron chi connectivity index (χ4n) is 3.51. The maximum absolute atomic E-state index is 13.6. The third kappa shape index (κ3) is 3.66. The van der Waals surface area contributed by atoms with Gasteiger partial charge in [-0.2, -0.15) is 0 Å². The molecule has 1 amide bonds. The second kappa shape index (κ2) is 8.08. The molecule has 1 aliphatic rings. The molecule has 0 spiro atoms. The molecular formula is C23H19FN2O2S2. The number of nitrogens with zero attached hydrogens (tertiary/aromatic N) is 2. The Balaban J connectivity index is 1.68. The highest BCUT2D eigenvalue weighted by atomic mass is 32.2. The molecule has 0 unspecified atom stereocenters. The lowest BCUT2D eigenvalue weighted by atomic mass is 10.2. The third-order valence-corrected chi connectivity index (χ3v) is 6.25. The van der Waals surface area contributed by atoms with E-state index in [2.05, 4.69) is 4.57 Å². The Morgan fingerprint density at radius 3 is 2.47 bits per heavy atom. The van der Waals surface area contributed by atoms with Crippen LogP contribution in [0.1, 0.15) is 17.0 Å². The molecule has 1 aliphatic heterocycles. The number of carbonyl (C=O) groups excluding carboxylic acids is 1. The summed E-state index contributed by atoms with van der Waals surface area (Å²) in [6.07, 6.45) is 1.85. The maximum Gasteiger partial charge on any atom is 0.270 e. The van der Waals surface area contributed by atoms with E-state index in [1.165, 1.54) is 28.8 Å². The number of rotatable bonds is 4. The standard InChI is InChI=1S/C23H19FN2O2S2/c1-14-11-16(15(2)25(14)18-7-9-20(28-3)10-8-18)12-21-22(27)26(23(29)30-21)19-6-4-5-17(24)13-19/h4-13H,1-3H3/b21-12+. The molecule has 0 atom stereocenters. The Labute approximate surface area is 184 Å². The fourth-order valence-corrected chi connectivity index (χ4v) is 4.80. The first-order chi connectivity index (χ1) is 14.4. The Bertz CT molecular complexity index is 1180. The van der Waals surface area contributed by atoms with Crippen molar-refractivity contribution in [1.82, 2.24) is 4.57 Å². The highest BCUT2D eigenvalue weighted by Gasteiger charge is 2.33. The molecule has 2 heterocycles. The van der Waals surface area contributed by atoms with Crippen molar-refractivity contribution in [3.05, 3.63) is 82.3 Å². The molecule has 2 aromatic carbocycles. The number of aryl methyl sites for hydroxylation is 1. The number of halogens is 1. The van der Waals surface area contributed by atoms with Crippen LogP contribution in [-0.4, -0.2) is 21.9 Å². The van der Waals surface area contributed by atoms with Gasteiger partial charge in [-0.3, -0.25) is 9.69 Å². The molecule has 1 fully saturated rings. The van der Waals surface area contributed by atoms with E-state index < -0.39 is 5.82 Å². The van der Waals surface area contributed by atoms with Gasteiger partial charge in [0.2, 0.25) is 0 Å². The van der Waals surface area contributed by atoms with Crippen LogP contribution in [0.5, 0.6) is 5.75 Å². The van der Waals surface area contributed by atoms with Gasteiger partial charge in [-0.15, -0.1) is 0 Å². The van der Waals surface area contributed by atoms with Crippen molar-refractivity contribution < 1.29 is 13.9 Å². The normalized spacial score (nSPS) is 15.3. The number of thioether (sulfide) groups is 1. The van der Waals surface area contributed by atoms with Crippen LogP contribution < -0.4 is 9.64 Å². The van der Waals surface area contributed by atoms with Gasteiger partial charge in [-0.05, 0) is 74.0 Å². The van der Waals surface area contributed by atoms with Crippen LogP contribution in [0, 0.1) is 19.7 Å². The van der Waals surface area contributed by atoms with Crippen molar-refractivity contribution in [3.63, 3.8) is 0 Å². The summed E-state index contributed by atoms with van der Waals surface area (Å²) < 4.78 is 21.4. The molecule has 0 radical (unpaired) electrons. The van der Waals surface area contributed by atoms with Crippen LogP contribution in [0.2, 0.25) is 0 Å². The first-order valence-corrected chi connectivity index (χ1v) is 10.5. The number of hydrogen-bond acceptors (Lipinski definition) is 4. The van der Waals surface area contributed by atoms with Crippen molar-refractivity contribution in [2.24, 2.45) is 0 Å². The van der Waals surface area contributed by atoms with Crippen LogP contribution in [0.3, 0.4) is 0 Å². The zero-order valence-corrected chi connectivity index (χ0v) is 18.3. The summed E-state index contributed by atoms with van der Waals surface area (Å²) in [5, 5.41) is 0. The quantitative estimate of drug-likeness (QED) is 0.390. The maximum atomic E-state index is 13.6. The average Bonchev–Trinajstić information content (AvgIpc) is 3.16. The van der Waals surface area contributed by atoms with Crippen LogP contribution in [0.25, 0.3) is 11.8 Å². The molecule has 0 saturated carbocycles. The fraction of sp³-hybridized carbons (Fsp3) is 0.130. The van der Waals surface area contributed by atoms with Gasteiger partial charge in [-0.1, -0.05) is 30.0 Å². The molecular weight excluding hydrogens is 419 g/mol. The van der Waals surface area contributed by atoms with Crippen LogP contribution in [-0.2, 0) is 4.79 Å². The van der Waals surface area contributed by atoms with Gasteiger partial charge in [0, 0.05) is 17.1 Å². The predicted molar refractivity (Wildman–Crippen MR) is 124 cm³/mol. The summed E-state index contributed by atoms with van der Waals surface area (Å²) in [5.74, 6) is 0.140. The lowest BCUT2D eigenvalue weighted by Gasteiger charge is -2.14. The van der Waals surface area contributed by atoms with E-state index in [0.29, 0.717) is 14.9 Å². The van der Waals surface area contributed by atoms with Crippen molar-refractivity contribution in [3.8, 4) is 11.4 Å². The smallest absolute Gasteiger partial charge is 0.270 e. The molecule has 1 saturated heterocycles. The number of anilines is 1. The van der Waals surface area contributed by atoms with Crippen molar-refractivity contribution >= 4 is 46.0 Å². The molecule has 4 nitrogen and oxygen atoms in total. The minimum absolute atomic E-state index is 0.246. The van der Waals surface area contributed by atoms with Crippen LogP contribution in [0.4, 0.5) is 10.1 Å². The van der Waals surface area contributed by atoms with Crippen LogP contribution >= 0.6 is 24.0 Å². The van der Waals surface area contributed by atoms with E-state index in [0.717, 1.165) is 28.4 Å². The molecule has 0 N–H and O–H groups in total. The Morgan fingerprint density at radius 1 is 1.07 bits per heavy atom. The molecule has 0 bridgehead atoms. The van der Waals surface area contributed by atoms with E-state index >= 15 is 0 Å². The predicted octanol–water partition coefficient (Wildman–Crippen LogP) is 5.65. The number of carbonyl (C=O) groups is 1. The summed E-state index contributed by atoms with van der Waals surface area (Å²) in [6, 6.07) is 15.7. The number of ether oxygens (including phenoxy) is 1. The largest absolute Gasteiger partial charge is 0.497 e. The highest BCUT2D eigenvalue weighted by molar-refractivity contribution is 8.27. The Morgan fingerprint density at radius 2 is 1.80 bits per heavy atom. The van der Waals surface area contributed by atoms with Gasteiger partial charge in [-0.25, -0.2) is 4.39 Å². The molecule has 0 aliphatic carbocycles. The summed E-state index contributed by atoms with van der Waals surface area (Å²) in [4.78, 5) is 14.9. The summed E-state index contributed by atoms with van der Waals surface area (Å²) >= 11 is 6.61. The van der Waals surface area contributed by atoms with E-state index in [1.54, 1.807) is 19.2 Å². The molecule has 1 aromatic heterocycles. The van der Waals surface area contributed by atoms with Crippen molar-refractivity contribution in [2.75, 3.05) is 12.0 Å². The second-order valence-electron chi connectivity index (χ2n) is 6.86. The van der Waals surface area contributed by atoms with Crippen LogP contribution in [0.15, 0.2) is 59.5 Å². The highest BCUT2D eigenvalue weighted by Crippen LogP contribution is 2.37. The van der Waals surface area contributed by atoms with E-state index in [-0.39, 0.29) is 5.91 Å². The number of methoxy groups -OCH3 is 1. The minimum Gasteiger partial charge on any atom is -0.497 e. The van der Waals surface area contributed by atoms with Gasteiger partial charge < -0.3 is 9.30 Å². The second-order valence-corrected chi connectivity index (χ2v) is 8.53. The first kappa shape index (κ1) is 20.4. The Kier molecular flexibility index (Phi) is 5.49. The number of hydrogen-bond donors (Lipinski definition) is 0. The van der Waals surface area contributed by atoms with Crippen molar-refractivity contribution in [2.45, 2.75) is 13.8 Å². The number of aromatic nitrogens is 1. The zero-order chi connectivity index (χ0) is 21.4. The monoisotopic (exact) mass is 438 g/mol. The summed E-state index contributed by atoms with van der Waals surface area (Å²) in [5.41, 5.74) is 4.43. The molecule has 4 rings (SSSR count). The van der Waals surface area contributed by atoms with Gasteiger partial charge >= 0.3 is 0 Å².